The van der Waals surface area contributed by atoms with E-state index in [1.165, 1.54) is 6.20 Å². The van der Waals surface area contributed by atoms with E-state index in [1.54, 1.807) is 11.9 Å². The molecule has 0 unspecified atom stereocenters. The molecule has 0 aliphatic carbocycles. The van der Waals surface area contributed by atoms with Crippen LogP contribution in [0.1, 0.15) is 16.1 Å². The van der Waals surface area contributed by atoms with E-state index in [0.29, 0.717) is 10.6 Å². The van der Waals surface area contributed by atoms with Crippen molar-refractivity contribution in [2.75, 3.05) is 26.3 Å². The molecule has 1 aliphatic rings. The van der Waals surface area contributed by atoms with Crippen molar-refractivity contribution in [1.82, 2.24) is 13.9 Å². The average Bonchev–Trinajstić information content (AvgIpc) is 3.02. The lowest BCUT2D eigenvalue weighted by molar-refractivity contribution is 0.0336. The number of benzene rings is 1. The van der Waals surface area contributed by atoms with Crippen molar-refractivity contribution in [3.63, 3.8) is 0 Å². The number of fused-ring (bicyclic) bond motifs is 1. The van der Waals surface area contributed by atoms with Gasteiger partial charge in [-0.1, -0.05) is 29.8 Å². The van der Waals surface area contributed by atoms with Crippen LogP contribution in [-0.2, 0) is 11.3 Å². The fraction of sp³-hybridized carbons (Fsp3) is 0.263. The third kappa shape index (κ3) is 3.50. The first-order valence-electron chi connectivity index (χ1n) is 8.44. The first-order chi connectivity index (χ1) is 12.8. The van der Waals surface area contributed by atoms with Gasteiger partial charge in [0.2, 0.25) is 0 Å². The number of carbonyl (C=O) groups is 1. The first-order valence-corrected chi connectivity index (χ1v) is 9.59. The molecule has 5 nitrogen and oxygen atoms in total. The molecule has 1 aromatic carbocycles. The van der Waals surface area contributed by atoms with Gasteiger partial charge in [-0.25, -0.2) is 4.98 Å². The smallest absolute Gasteiger partial charge is 0.153 e. The van der Waals surface area contributed by atoms with Crippen LogP contribution in [0.15, 0.2) is 47.5 Å². The number of carbonyl (C=O) groups excluding carboxylic acids is 1. The highest BCUT2D eigenvalue weighted by atomic mass is 35.5. The molecule has 1 fully saturated rings. The van der Waals surface area contributed by atoms with E-state index >= 15 is 0 Å². The molecule has 3 aromatic rings. The molecule has 4 rings (SSSR count). The summed E-state index contributed by atoms with van der Waals surface area (Å²) in [7, 11) is 0. The minimum atomic E-state index is 0.416. The highest BCUT2D eigenvalue weighted by Gasteiger charge is 2.19. The van der Waals surface area contributed by atoms with Crippen molar-refractivity contribution in [2.45, 2.75) is 11.4 Å². The maximum absolute atomic E-state index is 11.2. The van der Waals surface area contributed by atoms with E-state index < -0.39 is 0 Å². The zero-order valence-corrected chi connectivity index (χ0v) is 15.7. The van der Waals surface area contributed by atoms with Gasteiger partial charge in [-0.3, -0.25) is 13.7 Å². The summed E-state index contributed by atoms with van der Waals surface area (Å²) in [5.41, 5.74) is 2.30. The summed E-state index contributed by atoms with van der Waals surface area (Å²) < 4.78 is 7.56. The Morgan fingerprint density at radius 2 is 2.00 bits per heavy atom. The van der Waals surface area contributed by atoms with Gasteiger partial charge in [-0.05, 0) is 30.1 Å². The Hall–Kier alpha value is -1.86. The predicted octanol–water partition coefficient (Wildman–Crippen LogP) is 3.89. The third-order valence-corrected chi connectivity index (χ3v) is 5.87. The Kier molecular flexibility index (Phi) is 5.26. The van der Waals surface area contributed by atoms with Crippen LogP contribution in [0.25, 0.3) is 11.0 Å². The number of hydrogen-bond acceptors (Lipinski definition) is 5. The van der Waals surface area contributed by atoms with Gasteiger partial charge in [0.15, 0.2) is 11.9 Å². The molecule has 1 aliphatic heterocycles. The highest BCUT2D eigenvalue weighted by molar-refractivity contribution is 7.98. The summed E-state index contributed by atoms with van der Waals surface area (Å²) >= 11 is 8.06. The van der Waals surface area contributed by atoms with Gasteiger partial charge in [0.1, 0.15) is 0 Å². The summed E-state index contributed by atoms with van der Waals surface area (Å²) in [6, 6.07) is 12.2. The van der Waals surface area contributed by atoms with Gasteiger partial charge in [-0.15, -0.1) is 0 Å². The summed E-state index contributed by atoms with van der Waals surface area (Å²) in [5.74, 6) is 0. The van der Waals surface area contributed by atoms with Crippen LogP contribution in [0.3, 0.4) is 0 Å². The largest absolute Gasteiger partial charge is 0.379 e. The second-order valence-electron chi connectivity index (χ2n) is 6.11. The summed E-state index contributed by atoms with van der Waals surface area (Å²) in [6.07, 6.45) is 2.29. The molecular weight excluding hydrogens is 370 g/mol. The number of morpholine rings is 1. The molecule has 2 aromatic heterocycles. The van der Waals surface area contributed by atoms with Crippen molar-refractivity contribution in [3.8, 4) is 0 Å². The van der Waals surface area contributed by atoms with Crippen LogP contribution in [0.4, 0.5) is 0 Å². The number of rotatable bonds is 5. The number of pyridine rings is 1. The van der Waals surface area contributed by atoms with Crippen LogP contribution in [0.2, 0.25) is 5.02 Å². The highest BCUT2D eigenvalue weighted by Crippen LogP contribution is 2.33. The third-order valence-electron chi connectivity index (χ3n) is 4.38. The maximum Gasteiger partial charge on any atom is 0.153 e. The molecule has 7 heteroatoms. The molecule has 26 heavy (non-hydrogen) atoms. The number of ether oxygens (including phenoxy) is 1. The van der Waals surface area contributed by atoms with Crippen molar-refractivity contribution < 1.29 is 9.53 Å². The van der Waals surface area contributed by atoms with Crippen LogP contribution < -0.4 is 0 Å². The number of aldehydes is 1. The van der Waals surface area contributed by atoms with Gasteiger partial charge < -0.3 is 4.74 Å². The second-order valence-corrected chi connectivity index (χ2v) is 7.50. The summed E-state index contributed by atoms with van der Waals surface area (Å²) in [6.45, 7) is 4.09. The molecule has 0 N–H and O–H groups in total. The minimum Gasteiger partial charge on any atom is -0.379 e. The van der Waals surface area contributed by atoms with Crippen LogP contribution >= 0.6 is 23.5 Å². The standard InChI is InChI=1S/C19H18ClN3O2S/c20-18-14(13-24)11-21-19-17(18)10-15(12-22-6-8-25-9-7-22)23(19)26-16-4-2-1-3-5-16/h1-5,10-11,13H,6-9,12H2. The van der Waals surface area contributed by atoms with E-state index in [0.717, 1.165) is 60.8 Å². The fourth-order valence-electron chi connectivity index (χ4n) is 3.03. The van der Waals surface area contributed by atoms with E-state index in [4.69, 9.17) is 16.3 Å². The molecule has 0 saturated carbocycles. The molecule has 0 bridgehead atoms. The SMILES string of the molecule is O=Cc1cnc2c(cc(CN3CCOCC3)n2Sc2ccccc2)c1Cl. The van der Waals surface area contributed by atoms with Crippen molar-refractivity contribution in [2.24, 2.45) is 0 Å². The van der Waals surface area contributed by atoms with Gasteiger partial charge in [0.05, 0.1) is 23.8 Å². The Morgan fingerprint density at radius 1 is 1.23 bits per heavy atom. The molecule has 1 saturated heterocycles. The first kappa shape index (κ1) is 17.5. The van der Waals surface area contributed by atoms with Crippen molar-refractivity contribution >= 4 is 40.9 Å². The minimum absolute atomic E-state index is 0.416. The number of nitrogens with zero attached hydrogens (tertiary/aromatic N) is 3. The fourth-order valence-corrected chi connectivity index (χ4v) is 4.21. The van der Waals surface area contributed by atoms with E-state index in [-0.39, 0.29) is 0 Å². The Labute approximate surface area is 161 Å². The average molecular weight is 388 g/mol. The topological polar surface area (TPSA) is 47.4 Å². The Morgan fingerprint density at radius 3 is 2.73 bits per heavy atom. The normalized spacial score (nSPS) is 15.4. The Balaban J connectivity index is 1.78. The van der Waals surface area contributed by atoms with Crippen LogP contribution in [-0.4, -0.2) is 46.4 Å². The van der Waals surface area contributed by atoms with Crippen molar-refractivity contribution in [3.05, 3.63) is 58.9 Å². The van der Waals surface area contributed by atoms with Crippen LogP contribution in [0.5, 0.6) is 0 Å². The van der Waals surface area contributed by atoms with Gasteiger partial charge >= 0.3 is 0 Å². The predicted molar refractivity (Wildman–Crippen MR) is 104 cm³/mol. The molecule has 0 radical (unpaired) electrons. The number of aromatic nitrogens is 2. The van der Waals surface area contributed by atoms with E-state index in [1.807, 2.05) is 24.3 Å². The van der Waals surface area contributed by atoms with Gasteiger partial charge in [-0.2, -0.15) is 0 Å². The number of halogens is 1. The van der Waals surface area contributed by atoms with E-state index in [2.05, 4.69) is 26.0 Å². The zero-order chi connectivity index (χ0) is 17.9. The molecule has 0 atom stereocenters. The van der Waals surface area contributed by atoms with Gasteiger partial charge in [0.25, 0.3) is 0 Å². The summed E-state index contributed by atoms with van der Waals surface area (Å²) in [5, 5.41) is 1.27. The second kappa shape index (κ2) is 7.80. The maximum atomic E-state index is 11.2. The molecule has 3 heterocycles. The quantitative estimate of drug-likeness (QED) is 0.621. The monoisotopic (exact) mass is 387 g/mol. The lowest BCUT2D eigenvalue weighted by Crippen LogP contribution is -2.36. The zero-order valence-electron chi connectivity index (χ0n) is 14.1. The van der Waals surface area contributed by atoms with Crippen LogP contribution in [0, 0.1) is 0 Å². The molecule has 0 amide bonds. The van der Waals surface area contributed by atoms with Crippen molar-refractivity contribution in [1.29, 1.82) is 0 Å². The van der Waals surface area contributed by atoms with E-state index in [9.17, 15) is 4.79 Å². The number of hydrogen-bond donors (Lipinski definition) is 0. The molecule has 0 spiro atoms. The molecule has 134 valence electrons. The molecular formula is C19H18ClN3O2S. The van der Waals surface area contributed by atoms with Gasteiger partial charge in [0, 0.05) is 41.8 Å². The summed E-state index contributed by atoms with van der Waals surface area (Å²) in [4.78, 5) is 19.2. The lowest BCUT2D eigenvalue weighted by atomic mass is 10.2. The lowest BCUT2D eigenvalue weighted by Gasteiger charge is -2.26. The Bertz CT molecular complexity index is 923.